The number of hydrogen-bond donors (Lipinski definition) is 1. The van der Waals surface area contributed by atoms with Crippen molar-refractivity contribution in [3.63, 3.8) is 0 Å². The van der Waals surface area contributed by atoms with Gasteiger partial charge in [0.15, 0.2) is 0 Å². The molecule has 3 fully saturated rings. The first kappa shape index (κ1) is 26.8. The number of likely N-dealkylation sites (tertiary alicyclic amines) is 3. The number of fused-ring (bicyclic) bond motifs is 2. The van der Waals surface area contributed by atoms with E-state index >= 15 is 0 Å². The third kappa shape index (κ3) is 5.69. The van der Waals surface area contributed by atoms with Gasteiger partial charge in [0.2, 0.25) is 11.8 Å². The lowest BCUT2D eigenvalue weighted by atomic mass is 10.0. The molecule has 4 rings (SSSR count). The Bertz CT molecular complexity index is 1100. The SMILES string of the molecule is C[C@@H](c1cc(F)cc(F)c1)N1C(=O)[C@@H]2CC1CN2C[C@H](NC(=O)OC(C)(C)C)C(=O)N1CCC[C@H]1C#N. The van der Waals surface area contributed by atoms with Gasteiger partial charge in [-0.25, -0.2) is 13.6 Å². The lowest BCUT2D eigenvalue weighted by Crippen LogP contribution is -2.59. The van der Waals surface area contributed by atoms with Crippen LogP contribution in [0.1, 0.15) is 58.6 Å². The van der Waals surface area contributed by atoms with Crippen molar-refractivity contribution < 1.29 is 27.9 Å². The zero-order valence-electron chi connectivity index (χ0n) is 21.5. The molecule has 1 aromatic carbocycles. The fraction of sp³-hybridized carbons (Fsp3) is 0.615. The highest BCUT2D eigenvalue weighted by molar-refractivity contribution is 5.88. The van der Waals surface area contributed by atoms with Crippen molar-refractivity contribution in [3.05, 3.63) is 35.4 Å². The third-order valence-corrected chi connectivity index (χ3v) is 7.19. The minimum Gasteiger partial charge on any atom is -0.444 e. The number of halogens is 2. The van der Waals surface area contributed by atoms with Gasteiger partial charge in [0.25, 0.3) is 0 Å². The summed E-state index contributed by atoms with van der Waals surface area (Å²) in [6.07, 6.45) is 1.03. The summed E-state index contributed by atoms with van der Waals surface area (Å²) < 4.78 is 32.9. The second-order valence-corrected chi connectivity index (χ2v) is 11.0. The highest BCUT2D eigenvalue weighted by Crippen LogP contribution is 2.38. The molecule has 1 unspecified atom stereocenters. The number of amides is 3. The van der Waals surface area contributed by atoms with Gasteiger partial charge in [0, 0.05) is 31.7 Å². The summed E-state index contributed by atoms with van der Waals surface area (Å²) in [5.41, 5.74) is -0.392. The van der Waals surface area contributed by atoms with E-state index in [1.165, 1.54) is 17.0 Å². The first-order valence-electron chi connectivity index (χ1n) is 12.6. The Hall–Kier alpha value is -3.26. The van der Waals surface area contributed by atoms with Gasteiger partial charge in [-0.15, -0.1) is 0 Å². The fourth-order valence-electron chi connectivity index (χ4n) is 5.61. The fourth-order valence-corrected chi connectivity index (χ4v) is 5.61. The summed E-state index contributed by atoms with van der Waals surface area (Å²) in [6, 6.07) is 2.59. The molecule has 11 heteroatoms. The maximum Gasteiger partial charge on any atom is 0.408 e. The number of hydrogen-bond acceptors (Lipinski definition) is 6. The van der Waals surface area contributed by atoms with E-state index in [-0.39, 0.29) is 24.4 Å². The minimum atomic E-state index is -1.00. The average molecular weight is 518 g/mol. The van der Waals surface area contributed by atoms with Crippen molar-refractivity contribution in [2.24, 2.45) is 0 Å². The van der Waals surface area contributed by atoms with Crippen LogP contribution in [0.2, 0.25) is 0 Å². The number of rotatable bonds is 6. The van der Waals surface area contributed by atoms with Crippen LogP contribution in [-0.2, 0) is 14.3 Å². The van der Waals surface area contributed by atoms with E-state index in [0.29, 0.717) is 37.9 Å². The Balaban J connectivity index is 1.49. The monoisotopic (exact) mass is 517 g/mol. The average Bonchev–Trinajstić information content (AvgIpc) is 3.50. The largest absolute Gasteiger partial charge is 0.444 e. The van der Waals surface area contributed by atoms with Gasteiger partial charge in [-0.2, -0.15) is 5.26 Å². The second-order valence-electron chi connectivity index (χ2n) is 11.0. The van der Waals surface area contributed by atoms with E-state index in [1.807, 2.05) is 4.90 Å². The Kier molecular flexibility index (Phi) is 7.42. The standard InChI is InChI=1S/C26H33F2N5O4/c1-15(16-8-17(27)10-18(28)9-16)33-20-11-22(24(33)35)31(13-20)14-21(30-25(36)37-26(2,3)4)23(34)32-7-5-6-19(32)12-29/h8-10,15,19-22H,5-7,11,13-14H2,1-4H3,(H,30,36)/t15-,19-,20?,21-,22-/m0/s1. The topological polar surface area (TPSA) is 106 Å². The maximum absolute atomic E-state index is 13.8. The molecule has 0 spiro atoms. The molecule has 9 nitrogen and oxygen atoms in total. The highest BCUT2D eigenvalue weighted by atomic mass is 19.1. The molecule has 37 heavy (non-hydrogen) atoms. The van der Waals surface area contributed by atoms with Crippen LogP contribution < -0.4 is 5.32 Å². The number of nitriles is 1. The van der Waals surface area contributed by atoms with Crippen molar-refractivity contribution in [1.29, 1.82) is 5.26 Å². The van der Waals surface area contributed by atoms with E-state index < -0.39 is 47.5 Å². The maximum atomic E-state index is 13.8. The van der Waals surface area contributed by atoms with Crippen molar-refractivity contribution in [1.82, 2.24) is 20.0 Å². The number of carbonyl (C=O) groups excluding carboxylic acids is 3. The van der Waals surface area contributed by atoms with Crippen molar-refractivity contribution >= 4 is 17.9 Å². The molecule has 200 valence electrons. The van der Waals surface area contributed by atoms with E-state index in [0.717, 1.165) is 6.07 Å². The molecule has 0 aliphatic carbocycles. The lowest BCUT2D eigenvalue weighted by Gasteiger charge is -2.39. The number of benzene rings is 1. The number of ether oxygens (including phenoxy) is 1. The van der Waals surface area contributed by atoms with Crippen LogP contribution >= 0.6 is 0 Å². The number of alkyl carbamates (subject to hydrolysis) is 1. The van der Waals surface area contributed by atoms with Crippen molar-refractivity contribution in [3.8, 4) is 6.07 Å². The molecule has 0 saturated carbocycles. The smallest absolute Gasteiger partial charge is 0.408 e. The van der Waals surface area contributed by atoms with Crippen LogP contribution in [0.15, 0.2) is 18.2 Å². The molecule has 0 radical (unpaired) electrons. The highest BCUT2D eigenvalue weighted by Gasteiger charge is 2.52. The summed E-state index contributed by atoms with van der Waals surface area (Å²) in [7, 11) is 0. The van der Waals surface area contributed by atoms with Crippen molar-refractivity contribution in [2.75, 3.05) is 19.6 Å². The zero-order valence-corrected chi connectivity index (χ0v) is 21.5. The number of nitrogens with one attached hydrogen (secondary N) is 1. The van der Waals surface area contributed by atoms with Gasteiger partial charge in [0.05, 0.1) is 18.2 Å². The number of piperazine rings is 1. The molecule has 3 amide bonds. The molecule has 0 aromatic heterocycles. The van der Waals surface area contributed by atoms with Crippen LogP contribution in [0.3, 0.4) is 0 Å². The molecule has 3 saturated heterocycles. The predicted octanol–water partition coefficient (Wildman–Crippen LogP) is 2.72. The molecule has 3 aliphatic heterocycles. The van der Waals surface area contributed by atoms with E-state index in [4.69, 9.17) is 4.74 Å². The van der Waals surface area contributed by atoms with Gasteiger partial charge < -0.3 is 19.9 Å². The summed E-state index contributed by atoms with van der Waals surface area (Å²) in [6.45, 7) is 7.83. The summed E-state index contributed by atoms with van der Waals surface area (Å²) in [5, 5.41) is 12.1. The van der Waals surface area contributed by atoms with E-state index in [9.17, 15) is 28.4 Å². The van der Waals surface area contributed by atoms with Gasteiger partial charge in [-0.3, -0.25) is 14.5 Å². The molecular formula is C26H33F2N5O4. The molecule has 5 atom stereocenters. The predicted molar refractivity (Wildman–Crippen MR) is 129 cm³/mol. The van der Waals surface area contributed by atoms with Crippen LogP contribution in [0.4, 0.5) is 13.6 Å². The normalized spacial score (nSPS) is 25.2. The summed E-state index contributed by atoms with van der Waals surface area (Å²) in [5.74, 6) is -1.97. The van der Waals surface area contributed by atoms with Gasteiger partial charge in [0.1, 0.15) is 29.3 Å². The zero-order chi connectivity index (χ0) is 27.1. The Morgan fingerprint density at radius 2 is 1.92 bits per heavy atom. The molecule has 2 bridgehead atoms. The minimum absolute atomic E-state index is 0.0798. The Morgan fingerprint density at radius 1 is 1.24 bits per heavy atom. The van der Waals surface area contributed by atoms with Gasteiger partial charge in [-0.1, -0.05) is 0 Å². The Morgan fingerprint density at radius 3 is 2.51 bits per heavy atom. The molecule has 3 heterocycles. The van der Waals surface area contributed by atoms with Crippen molar-refractivity contribution in [2.45, 2.75) is 82.8 Å². The van der Waals surface area contributed by atoms with E-state index in [2.05, 4.69) is 11.4 Å². The van der Waals surface area contributed by atoms with Crippen LogP contribution in [0.25, 0.3) is 0 Å². The number of nitrogens with zero attached hydrogens (tertiary/aromatic N) is 4. The number of carbonyl (C=O) groups is 3. The first-order valence-corrected chi connectivity index (χ1v) is 12.6. The summed E-state index contributed by atoms with van der Waals surface area (Å²) >= 11 is 0. The van der Waals surface area contributed by atoms with Crippen LogP contribution in [0, 0.1) is 23.0 Å². The quantitative estimate of drug-likeness (QED) is 0.622. The van der Waals surface area contributed by atoms with Crippen LogP contribution in [-0.4, -0.2) is 82.0 Å². The van der Waals surface area contributed by atoms with Crippen LogP contribution in [0.5, 0.6) is 0 Å². The molecule has 3 aliphatic rings. The Labute approximate surface area is 215 Å². The third-order valence-electron chi connectivity index (χ3n) is 7.19. The van der Waals surface area contributed by atoms with Gasteiger partial charge in [-0.05, 0) is 64.7 Å². The van der Waals surface area contributed by atoms with E-state index in [1.54, 1.807) is 32.6 Å². The summed E-state index contributed by atoms with van der Waals surface area (Å²) in [4.78, 5) is 44.3. The molecule has 1 N–H and O–H groups in total. The van der Waals surface area contributed by atoms with Gasteiger partial charge >= 0.3 is 6.09 Å². The second kappa shape index (κ2) is 10.2. The first-order chi connectivity index (χ1) is 17.4. The molecular weight excluding hydrogens is 484 g/mol. The molecule has 1 aromatic rings. The lowest BCUT2D eigenvalue weighted by molar-refractivity contribution is -0.141.